The number of nitrogens with two attached hydrogens (primary N) is 1. The van der Waals surface area contributed by atoms with Crippen LogP contribution >= 0.6 is 12.4 Å². The zero-order valence-electron chi connectivity index (χ0n) is 11.4. The van der Waals surface area contributed by atoms with Crippen molar-refractivity contribution in [3.8, 4) is 0 Å². The summed E-state index contributed by atoms with van der Waals surface area (Å²) in [5, 5.41) is 0. The van der Waals surface area contributed by atoms with Gasteiger partial charge < -0.3 is 10.6 Å². The third-order valence-electron chi connectivity index (χ3n) is 3.48. The first-order chi connectivity index (χ1) is 8.70. The van der Waals surface area contributed by atoms with Crippen LogP contribution in [0, 0.1) is 5.92 Å². The van der Waals surface area contributed by atoms with Crippen LogP contribution in [0.4, 0.5) is 0 Å². The van der Waals surface area contributed by atoms with Crippen molar-refractivity contribution in [2.45, 2.75) is 32.2 Å². The number of nitrogens with zero attached hydrogens (tertiary/aromatic N) is 1. The molecule has 4 heteroatoms. The van der Waals surface area contributed by atoms with Crippen molar-refractivity contribution < 1.29 is 4.79 Å². The summed E-state index contributed by atoms with van der Waals surface area (Å²) in [5.41, 5.74) is 7.16. The first kappa shape index (κ1) is 16.0. The zero-order valence-corrected chi connectivity index (χ0v) is 12.2. The second kappa shape index (κ2) is 7.51. The van der Waals surface area contributed by atoms with Gasteiger partial charge in [-0.1, -0.05) is 30.3 Å². The largest absolute Gasteiger partial charge is 0.341 e. The van der Waals surface area contributed by atoms with Gasteiger partial charge in [0.2, 0.25) is 5.91 Å². The Bertz CT molecular complexity index is 392. The molecule has 0 aromatic heterocycles. The average molecular weight is 283 g/mol. The molecule has 1 atom stereocenters. The zero-order chi connectivity index (χ0) is 13.0. The van der Waals surface area contributed by atoms with E-state index in [1.54, 1.807) is 0 Å². The molecular formula is C15H23ClN2O. The molecular weight excluding hydrogens is 260 g/mol. The van der Waals surface area contributed by atoms with Crippen LogP contribution in [-0.4, -0.2) is 29.9 Å². The molecule has 0 heterocycles. The van der Waals surface area contributed by atoms with E-state index in [1.807, 2.05) is 42.2 Å². The van der Waals surface area contributed by atoms with Crippen LogP contribution in [0.5, 0.6) is 0 Å². The number of carbonyl (C=O) groups is 1. The van der Waals surface area contributed by atoms with Crippen LogP contribution in [0.15, 0.2) is 30.3 Å². The molecule has 19 heavy (non-hydrogen) atoms. The van der Waals surface area contributed by atoms with E-state index < -0.39 is 6.04 Å². The first-order valence-electron chi connectivity index (χ1n) is 6.79. The lowest BCUT2D eigenvalue weighted by Gasteiger charge is -2.24. The van der Waals surface area contributed by atoms with Gasteiger partial charge in [-0.3, -0.25) is 4.79 Å². The van der Waals surface area contributed by atoms with Gasteiger partial charge in [0.25, 0.3) is 0 Å². The van der Waals surface area contributed by atoms with E-state index in [4.69, 9.17) is 5.73 Å². The highest BCUT2D eigenvalue weighted by atomic mass is 35.5. The van der Waals surface area contributed by atoms with E-state index in [2.05, 4.69) is 0 Å². The highest BCUT2D eigenvalue weighted by Crippen LogP contribution is 2.29. The summed E-state index contributed by atoms with van der Waals surface area (Å²) in [5.74, 6) is 0.811. The van der Waals surface area contributed by atoms with Crippen LogP contribution in [-0.2, 0) is 11.2 Å². The van der Waals surface area contributed by atoms with Gasteiger partial charge in [0.1, 0.15) is 0 Å². The van der Waals surface area contributed by atoms with Crippen LogP contribution in [0.3, 0.4) is 0 Å². The Morgan fingerprint density at radius 3 is 2.53 bits per heavy atom. The summed E-state index contributed by atoms with van der Waals surface area (Å²) in [7, 11) is 0. The normalized spacial score (nSPS) is 15.5. The van der Waals surface area contributed by atoms with Gasteiger partial charge in [-0.25, -0.2) is 0 Å². The SMILES string of the molecule is CCN(CC1CC1)C(=O)[C@@H](N)Cc1ccccc1.Cl. The Labute approximate surface area is 121 Å². The van der Waals surface area contributed by atoms with Crippen LogP contribution in [0.25, 0.3) is 0 Å². The smallest absolute Gasteiger partial charge is 0.239 e. The molecule has 1 saturated carbocycles. The second-order valence-electron chi connectivity index (χ2n) is 5.12. The van der Waals surface area contributed by atoms with Crippen molar-refractivity contribution in [2.75, 3.05) is 13.1 Å². The fraction of sp³-hybridized carbons (Fsp3) is 0.533. The molecule has 0 saturated heterocycles. The van der Waals surface area contributed by atoms with Gasteiger partial charge in [-0.05, 0) is 37.7 Å². The van der Waals surface area contributed by atoms with Crippen molar-refractivity contribution in [3.05, 3.63) is 35.9 Å². The molecule has 1 amide bonds. The van der Waals surface area contributed by atoms with Gasteiger partial charge >= 0.3 is 0 Å². The maximum atomic E-state index is 12.2. The highest BCUT2D eigenvalue weighted by Gasteiger charge is 2.28. The van der Waals surface area contributed by atoms with E-state index in [-0.39, 0.29) is 18.3 Å². The average Bonchev–Trinajstić information content (AvgIpc) is 3.20. The molecule has 106 valence electrons. The number of hydrogen-bond donors (Lipinski definition) is 1. The van der Waals surface area contributed by atoms with Crippen molar-refractivity contribution in [2.24, 2.45) is 11.7 Å². The molecule has 0 radical (unpaired) electrons. The summed E-state index contributed by atoms with van der Waals surface area (Å²) < 4.78 is 0. The molecule has 0 spiro atoms. The number of rotatable bonds is 6. The maximum Gasteiger partial charge on any atom is 0.239 e. The fourth-order valence-electron chi connectivity index (χ4n) is 2.18. The second-order valence-corrected chi connectivity index (χ2v) is 5.12. The number of amides is 1. The van der Waals surface area contributed by atoms with Gasteiger partial charge in [0, 0.05) is 13.1 Å². The van der Waals surface area contributed by atoms with Crippen molar-refractivity contribution in [1.82, 2.24) is 4.90 Å². The monoisotopic (exact) mass is 282 g/mol. The Balaban J connectivity index is 0.00000180. The van der Waals surface area contributed by atoms with Gasteiger partial charge in [-0.2, -0.15) is 0 Å². The molecule has 1 aliphatic rings. The van der Waals surface area contributed by atoms with Gasteiger partial charge in [0.15, 0.2) is 0 Å². The van der Waals surface area contributed by atoms with E-state index in [0.29, 0.717) is 6.42 Å². The minimum absolute atomic E-state index is 0. The molecule has 0 bridgehead atoms. The summed E-state index contributed by atoms with van der Waals surface area (Å²) >= 11 is 0. The number of likely N-dealkylation sites (N-methyl/N-ethyl adjacent to an activating group) is 1. The molecule has 1 fully saturated rings. The summed E-state index contributed by atoms with van der Waals surface area (Å²) in [6.45, 7) is 3.67. The number of carbonyl (C=O) groups excluding carboxylic acids is 1. The minimum Gasteiger partial charge on any atom is -0.341 e. The lowest BCUT2D eigenvalue weighted by Crippen LogP contribution is -2.45. The molecule has 2 rings (SSSR count). The third kappa shape index (κ3) is 4.84. The lowest BCUT2D eigenvalue weighted by atomic mass is 10.1. The van der Waals surface area contributed by atoms with Crippen LogP contribution < -0.4 is 5.73 Å². The van der Waals surface area contributed by atoms with Gasteiger partial charge in [0.05, 0.1) is 6.04 Å². The standard InChI is InChI=1S/C15H22N2O.ClH/c1-2-17(11-13-8-9-13)15(18)14(16)10-12-6-4-3-5-7-12;/h3-7,13-14H,2,8-11,16H2,1H3;1H/t14-;/m0./s1. The van der Waals surface area contributed by atoms with E-state index >= 15 is 0 Å². The fourth-order valence-corrected chi connectivity index (χ4v) is 2.18. The molecule has 0 aliphatic heterocycles. The quantitative estimate of drug-likeness (QED) is 0.870. The summed E-state index contributed by atoms with van der Waals surface area (Å²) in [6.07, 6.45) is 3.15. The predicted octanol–water partition coefficient (Wildman–Crippen LogP) is 2.24. The van der Waals surface area contributed by atoms with Crippen molar-refractivity contribution in [1.29, 1.82) is 0 Å². The number of hydrogen-bond acceptors (Lipinski definition) is 2. The maximum absolute atomic E-state index is 12.2. The topological polar surface area (TPSA) is 46.3 Å². The molecule has 2 N–H and O–H groups in total. The van der Waals surface area contributed by atoms with Crippen LogP contribution in [0.2, 0.25) is 0 Å². The van der Waals surface area contributed by atoms with E-state index in [1.165, 1.54) is 12.8 Å². The Kier molecular flexibility index (Phi) is 6.32. The minimum atomic E-state index is -0.411. The molecule has 1 aromatic rings. The Morgan fingerprint density at radius 1 is 1.37 bits per heavy atom. The first-order valence-corrected chi connectivity index (χ1v) is 6.79. The summed E-state index contributed by atoms with van der Waals surface area (Å²) in [6, 6.07) is 9.56. The number of halogens is 1. The molecule has 1 aromatic carbocycles. The Hall–Kier alpha value is -1.06. The van der Waals surface area contributed by atoms with E-state index in [9.17, 15) is 4.79 Å². The van der Waals surface area contributed by atoms with Crippen molar-refractivity contribution >= 4 is 18.3 Å². The van der Waals surface area contributed by atoms with Crippen LogP contribution in [0.1, 0.15) is 25.3 Å². The highest BCUT2D eigenvalue weighted by molar-refractivity contribution is 5.85. The lowest BCUT2D eigenvalue weighted by molar-refractivity contribution is -0.132. The molecule has 3 nitrogen and oxygen atoms in total. The molecule has 1 aliphatic carbocycles. The summed E-state index contributed by atoms with van der Waals surface area (Å²) in [4.78, 5) is 14.2. The van der Waals surface area contributed by atoms with Crippen molar-refractivity contribution in [3.63, 3.8) is 0 Å². The Morgan fingerprint density at radius 2 is 2.00 bits per heavy atom. The molecule has 0 unspecified atom stereocenters. The predicted molar refractivity (Wildman–Crippen MR) is 80.3 cm³/mol. The van der Waals surface area contributed by atoms with E-state index in [0.717, 1.165) is 24.6 Å². The van der Waals surface area contributed by atoms with Gasteiger partial charge in [-0.15, -0.1) is 12.4 Å². The number of benzene rings is 1. The third-order valence-corrected chi connectivity index (χ3v) is 3.48.